The Balaban J connectivity index is 3.34. The second-order valence-corrected chi connectivity index (χ2v) is 4.67. The lowest BCUT2D eigenvalue weighted by atomic mass is 9.79. The Kier molecular flexibility index (Phi) is 2.84. The van der Waals surface area contributed by atoms with E-state index in [1.54, 1.807) is 0 Å². The molecule has 8 heteroatoms. The predicted octanol–water partition coefficient (Wildman–Crippen LogP) is 0.697. The van der Waals surface area contributed by atoms with Gasteiger partial charge < -0.3 is 12.9 Å². The van der Waals surface area contributed by atoms with Crippen LogP contribution in [0.25, 0.3) is 0 Å². The number of hydrogen-bond acceptors (Lipinski definition) is 2. The van der Waals surface area contributed by atoms with Gasteiger partial charge in [0.15, 0.2) is 0 Å². The summed E-state index contributed by atoms with van der Waals surface area (Å²) < 4.78 is 58.7. The first-order valence-electron chi connectivity index (χ1n) is 3.95. The van der Waals surface area contributed by atoms with Crippen molar-refractivity contribution in [3.05, 3.63) is 23.8 Å². The van der Waals surface area contributed by atoms with E-state index in [-0.39, 0.29) is 10.5 Å². The number of sulfonamides is 1. The van der Waals surface area contributed by atoms with Gasteiger partial charge >= 0.3 is 6.98 Å². The monoisotopic (exact) mass is 238 g/mol. The van der Waals surface area contributed by atoms with Crippen LogP contribution in [0.4, 0.5) is 12.9 Å². The lowest BCUT2D eigenvalue weighted by Crippen LogP contribution is -2.34. The van der Waals surface area contributed by atoms with E-state index in [0.29, 0.717) is 6.07 Å². The highest BCUT2D eigenvalue weighted by molar-refractivity contribution is 7.89. The van der Waals surface area contributed by atoms with Crippen molar-refractivity contribution in [3.63, 3.8) is 0 Å². The van der Waals surface area contributed by atoms with Crippen molar-refractivity contribution in [3.8, 4) is 0 Å². The molecule has 0 spiro atoms. The van der Waals surface area contributed by atoms with Crippen LogP contribution in [0.1, 0.15) is 5.56 Å². The topological polar surface area (TPSA) is 60.2 Å². The van der Waals surface area contributed by atoms with Gasteiger partial charge in [-0.15, -0.1) is 5.46 Å². The predicted molar refractivity (Wildman–Crippen MR) is 51.3 cm³/mol. The molecule has 3 nitrogen and oxygen atoms in total. The van der Waals surface area contributed by atoms with Crippen molar-refractivity contribution in [1.82, 2.24) is 0 Å². The summed E-state index contributed by atoms with van der Waals surface area (Å²) in [6.45, 7) is -3.84. The molecule has 15 heavy (non-hydrogen) atoms. The van der Waals surface area contributed by atoms with Gasteiger partial charge in [-0.05, 0) is 18.6 Å². The average molecular weight is 238 g/mol. The molecular formula is C7H8BF3NO2S-. The molecule has 0 aliphatic rings. The van der Waals surface area contributed by atoms with Crippen LogP contribution in [0.15, 0.2) is 23.1 Å². The average Bonchev–Trinajstić information content (AvgIpc) is 1.99. The van der Waals surface area contributed by atoms with Gasteiger partial charge in [0.1, 0.15) is 0 Å². The van der Waals surface area contributed by atoms with Crippen LogP contribution in [0.3, 0.4) is 0 Å². The quantitative estimate of drug-likeness (QED) is 0.770. The maximum atomic E-state index is 12.3. The number of halogens is 3. The maximum Gasteiger partial charge on any atom is 0.509 e. The smallest absolute Gasteiger partial charge is 0.445 e. The second-order valence-electron chi connectivity index (χ2n) is 3.14. The van der Waals surface area contributed by atoms with E-state index in [1.165, 1.54) is 6.92 Å². The van der Waals surface area contributed by atoms with E-state index in [4.69, 9.17) is 5.14 Å². The largest absolute Gasteiger partial charge is 0.509 e. The fourth-order valence-corrected chi connectivity index (χ4v) is 1.96. The number of aryl methyl sites for hydroxylation is 1. The minimum Gasteiger partial charge on any atom is -0.445 e. The Morgan fingerprint density at radius 2 is 1.80 bits per heavy atom. The molecule has 1 aromatic rings. The van der Waals surface area contributed by atoms with Crippen molar-refractivity contribution in [2.75, 3.05) is 0 Å². The number of hydrogen-bond donors (Lipinski definition) is 1. The van der Waals surface area contributed by atoms with Gasteiger partial charge in [-0.3, -0.25) is 0 Å². The van der Waals surface area contributed by atoms with E-state index in [2.05, 4.69) is 0 Å². The first kappa shape index (κ1) is 12.1. The molecule has 0 aliphatic heterocycles. The normalized spacial score (nSPS) is 12.9. The van der Waals surface area contributed by atoms with Gasteiger partial charge in [-0.2, -0.15) is 0 Å². The van der Waals surface area contributed by atoms with Gasteiger partial charge in [0.2, 0.25) is 10.0 Å². The lowest BCUT2D eigenvalue weighted by molar-refractivity contribution is 0.500. The van der Waals surface area contributed by atoms with Gasteiger partial charge in [-0.25, -0.2) is 13.6 Å². The van der Waals surface area contributed by atoms with E-state index in [0.717, 1.165) is 12.1 Å². The van der Waals surface area contributed by atoms with Crippen LogP contribution in [0.5, 0.6) is 0 Å². The Morgan fingerprint density at radius 3 is 2.13 bits per heavy atom. The van der Waals surface area contributed by atoms with Gasteiger partial charge in [0.25, 0.3) is 0 Å². The van der Waals surface area contributed by atoms with Crippen LogP contribution >= 0.6 is 0 Å². The third-order valence-electron chi connectivity index (χ3n) is 1.88. The molecular weight excluding hydrogens is 230 g/mol. The zero-order chi connectivity index (χ0) is 11.9. The molecule has 1 rings (SSSR count). The van der Waals surface area contributed by atoms with E-state index in [9.17, 15) is 21.4 Å². The van der Waals surface area contributed by atoms with Crippen LogP contribution in [-0.2, 0) is 10.0 Å². The molecule has 0 aliphatic carbocycles. The highest BCUT2D eigenvalue weighted by Gasteiger charge is 2.26. The summed E-state index contributed by atoms with van der Waals surface area (Å²) in [5.41, 5.74) is -0.839. The Bertz CT molecular complexity index is 483. The van der Waals surface area contributed by atoms with Crippen molar-refractivity contribution in [1.29, 1.82) is 0 Å². The molecule has 84 valence electrons. The Hall–Kier alpha value is -1.02. The third-order valence-corrected chi connectivity index (χ3v) is 2.95. The summed E-state index contributed by atoms with van der Waals surface area (Å²) in [7, 11) is -3.96. The zero-order valence-electron chi connectivity index (χ0n) is 7.75. The summed E-state index contributed by atoms with van der Waals surface area (Å²) in [5.74, 6) is 0. The van der Waals surface area contributed by atoms with Crippen LogP contribution in [-0.4, -0.2) is 15.4 Å². The number of nitrogens with two attached hydrogens (primary N) is 1. The zero-order valence-corrected chi connectivity index (χ0v) is 8.56. The Labute approximate surface area is 85.2 Å². The van der Waals surface area contributed by atoms with Crippen molar-refractivity contribution < 1.29 is 21.4 Å². The fourth-order valence-electron chi connectivity index (χ4n) is 1.20. The summed E-state index contributed by atoms with van der Waals surface area (Å²) in [6.07, 6.45) is 0. The third kappa shape index (κ3) is 2.72. The van der Waals surface area contributed by atoms with Gasteiger partial charge in [0, 0.05) is 0 Å². The van der Waals surface area contributed by atoms with Crippen molar-refractivity contribution in [2.45, 2.75) is 11.8 Å². The van der Waals surface area contributed by atoms with Crippen LogP contribution in [0.2, 0.25) is 0 Å². The highest BCUT2D eigenvalue weighted by atomic mass is 32.2. The summed E-state index contributed by atoms with van der Waals surface area (Å²) in [6, 6.07) is 2.36. The number of benzene rings is 1. The molecule has 0 amide bonds. The first-order chi connectivity index (χ1) is 6.62. The molecule has 0 bridgehead atoms. The molecule has 0 saturated carbocycles. The van der Waals surface area contributed by atoms with E-state index < -0.39 is 22.5 Å². The van der Waals surface area contributed by atoms with Crippen molar-refractivity contribution in [2.24, 2.45) is 5.14 Å². The molecule has 0 radical (unpaired) electrons. The lowest BCUT2D eigenvalue weighted by Gasteiger charge is -2.16. The molecule has 0 fully saturated rings. The molecule has 0 heterocycles. The number of primary sulfonamides is 1. The molecule has 0 aromatic heterocycles. The van der Waals surface area contributed by atoms with Crippen molar-refractivity contribution >= 4 is 22.5 Å². The first-order valence-corrected chi connectivity index (χ1v) is 5.50. The summed E-state index contributed by atoms with van der Waals surface area (Å²) in [5, 5.41) is 4.81. The maximum absolute atomic E-state index is 12.3. The minimum atomic E-state index is -5.11. The van der Waals surface area contributed by atoms with Gasteiger partial charge in [0.05, 0.1) is 4.90 Å². The SMILES string of the molecule is Cc1cc([B-](F)(F)F)ccc1S(N)(=O)=O. The standard InChI is InChI=1S/C7H8BF3NO2S/c1-5-4-6(8(9,10)11)2-3-7(5)15(12,13)14/h2-4H,1H3,(H2,12,13,14)/q-1. The summed E-state index contributed by atoms with van der Waals surface area (Å²) >= 11 is 0. The van der Waals surface area contributed by atoms with E-state index in [1.807, 2.05) is 0 Å². The van der Waals surface area contributed by atoms with Crippen LogP contribution < -0.4 is 10.6 Å². The minimum absolute atomic E-state index is 0.00537. The second kappa shape index (κ2) is 3.53. The number of rotatable bonds is 2. The molecule has 1 aromatic carbocycles. The fraction of sp³-hybridized carbons (Fsp3) is 0.143. The van der Waals surface area contributed by atoms with E-state index >= 15 is 0 Å². The molecule has 0 unspecified atom stereocenters. The highest BCUT2D eigenvalue weighted by Crippen LogP contribution is 2.15. The van der Waals surface area contributed by atoms with Crippen LogP contribution in [0, 0.1) is 6.92 Å². The molecule has 0 saturated heterocycles. The molecule has 2 N–H and O–H groups in total. The van der Waals surface area contributed by atoms with Gasteiger partial charge in [-0.1, -0.05) is 12.1 Å². The summed E-state index contributed by atoms with van der Waals surface area (Å²) in [4.78, 5) is -0.286. The Morgan fingerprint density at radius 1 is 1.27 bits per heavy atom. The molecule has 0 atom stereocenters.